The molecule has 1 fully saturated rings. The van der Waals surface area contributed by atoms with E-state index in [1.165, 1.54) is 0 Å². The van der Waals surface area contributed by atoms with Crippen LogP contribution in [0.25, 0.3) is 10.9 Å². The lowest BCUT2D eigenvalue weighted by Crippen LogP contribution is -2.42. The van der Waals surface area contributed by atoms with E-state index in [4.69, 9.17) is 14.2 Å². The van der Waals surface area contributed by atoms with Crippen LogP contribution in [-0.4, -0.2) is 73.4 Å². The van der Waals surface area contributed by atoms with Gasteiger partial charge in [0.25, 0.3) is 5.56 Å². The number of morpholine rings is 1. The van der Waals surface area contributed by atoms with Gasteiger partial charge >= 0.3 is 6.03 Å². The van der Waals surface area contributed by atoms with E-state index in [2.05, 4.69) is 15.2 Å². The summed E-state index contributed by atoms with van der Waals surface area (Å²) in [6, 6.07) is 15.1. The summed E-state index contributed by atoms with van der Waals surface area (Å²) >= 11 is 0. The van der Waals surface area contributed by atoms with Gasteiger partial charge in [0.1, 0.15) is 13.2 Å². The Kier molecular flexibility index (Phi) is 7.68. The first-order chi connectivity index (χ1) is 17.7. The Balaban J connectivity index is 1.32. The summed E-state index contributed by atoms with van der Waals surface area (Å²) in [6.45, 7) is 6.33. The third-order valence-corrected chi connectivity index (χ3v) is 6.52. The number of H-pyrrole nitrogens is 1. The van der Waals surface area contributed by atoms with Crippen molar-refractivity contribution in [1.82, 2.24) is 20.1 Å². The minimum atomic E-state index is -0.215. The van der Waals surface area contributed by atoms with Gasteiger partial charge in [-0.3, -0.25) is 9.69 Å². The molecule has 0 radical (unpaired) electrons. The molecule has 5 rings (SSSR count). The van der Waals surface area contributed by atoms with Crippen molar-refractivity contribution in [3.05, 3.63) is 70.0 Å². The molecule has 9 heteroatoms. The van der Waals surface area contributed by atoms with Crippen molar-refractivity contribution in [2.75, 3.05) is 52.6 Å². The molecule has 0 spiro atoms. The highest BCUT2D eigenvalue weighted by atomic mass is 16.6. The van der Waals surface area contributed by atoms with Gasteiger partial charge in [-0.05, 0) is 24.1 Å². The van der Waals surface area contributed by atoms with Gasteiger partial charge in [0.05, 0.1) is 25.3 Å². The van der Waals surface area contributed by atoms with E-state index < -0.39 is 0 Å². The molecular formula is C27H32N4O5. The third-order valence-electron chi connectivity index (χ3n) is 6.52. The van der Waals surface area contributed by atoms with Crippen LogP contribution >= 0.6 is 0 Å². The Bertz CT molecular complexity index is 1240. The quantitative estimate of drug-likeness (QED) is 0.502. The fourth-order valence-corrected chi connectivity index (χ4v) is 4.56. The Morgan fingerprint density at radius 2 is 1.75 bits per heavy atom. The number of carbonyl (C=O) groups is 1. The second-order valence-corrected chi connectivity index (χ2v) is 9.08. The van der Waals surface area contributed by atoms with E-state index in [0.29, 0.717) is 48.9 Å². The molecule has 0 bridgehead atoms. The number of hydrogen-bond donors (Lipinski definition) is 2. The molecule has 0 aliphatic carbocycles. The van der Waals surface area contributed by atoms with Crippen LogP contribution in [0.5, 0.6) is 11.5 Å². The van der Waals surface area contributed by atoms with Gasteiger partial charge in [0.2, 0.25) is 0 Å². The molecule has 9 nitrogen and oxygen atoms in total. The largest absolute Gasteiger partial charge is 0.486 e. The molecule has 36 heavy (non-hydrogen) atoms. The minimum Gasteiger partial charge on any atom is -0.486 e. The van der Waals surface area contributed by atoms with Gasteiger partial charge in [-0.25, -0.2) is 4.79 Å². The van der Waals surface area contributed by atoms with Gasteiger partial charge in [-0.2, -0.15) is 0 Å². The fourth-order valence-electron chi connectivity index (χ4n) is 4.56. The molecule has 0 saturated carbocycles. The molecule has 2 amide bonds. The van der Waals surface area contributed by atoms with Crippen molar-refractivity contribution >= 4 is 16.9 Å². The number of nitrogens with zero attached hydrogens (tertiary/aromatic N) is 2. The first kappa shape index (κ1) is 24.1. The van der Waals surface area contributed by atoms with Crippen molar-refractivity contribution in [3.8, 4) is 11.5 Å². The predicted molar refractivity (Wildman–Crippen MR) is 137 cm³/mol. The predicted octanol–water partition coefficient (Wildman–Crippen LogP) is 2.73. The minimum absolute atomic E-state index is 0.192. The molecule has 2 aliphatic heterocycles. The summed E-state index contributed by atoms with van der Waals surface area (Å²) in [5.74, 6) is 1.29. The van der Waals surface area contributed by atoms with Crippen molar-refractivity contribution in [3.63, 3.8) is 0 Å². The number of carbonyl (C=O) groups excluding carboxylic acids is 1. The summed E-state index contributed by atoms with van der Waals surface area (Å²) < 4.78 is 16.8. The van der Waals surface area contributed by atoms with Gasteiger partial charge in [0, 0.05) is 49.7 Å². The van der Waals surface area contributed by atoms with Crippen LogP contribution in [0.1, 0.15) is 17.5 Å². The number of urea groups is 1. The van der Waals surface area contributed by atoms with Crippen molar-refractivity contribution in [2.45, 2.75) is 19.5 Å². The number of ether oxygens (including phenoxy) is 3. The lowest BCUT2D eigenvalue weighted by atomic mass is 10.1. The summed E-state index contributed by atoms with van der Waals surface area (Å²) in [4.78, 5) is 33.2. The molecule has 3 heterocycles. The van der Waals surface area contributed by atoms with E-state index in [0.717, 1.165) is 50.2 Å². The van der Waals surface area contributed by atoms with E-state index in [-0.39, 0.29) is 18.1 Å². The number of amides is 2. The van der Waals surface area contributed by atoms with E-state index in [9.17, 15) is 9.59 Å². The van der Waals surface area contributed by atoms with Crippen LogP contribution in [0.15, 0.2) is 53.3 Å². The molecule has 190 valence electrons. The maximum atomic E-state index is 13.2. The number of aromatic amines is 1. The van der Waals surface area contributed by atoms with E-state index in [1.807, 2.05) is 42.5 Å². The molecule has 0 atom stereocenters. The molecule has 3 aromatic rings. The zero-order valence-corrected chi connectivity index (χ0v) is 20.3. The first-order valence-electron chi connectivity index (χ1n) is 12.5. The average molecular weight is 493 g/mol. The number of aromatic nitrogens is 1. The SMILES string of the molecule is O=C(NCc1ccccc1)N(CCCN1CCOCC1)Cc1cc2cc3c(cc2[nH]c1=O)OCCO3. The van der Waals surface area contributed by atoms with Gasteiger partial charge in [-0.15, -0.1) is 0 Å². The number of fused-ring (bicyclic) bond motifs is 2. The first-order valence-corrected chi connectivity index (χ1v) is 12.5. The molecule has 1 aromatic heterocycles. The highest BCUT2D eigenvalue weighted by Crippen LogP contribution is 2.33. The summed E-state index contributed by atoms with van der Waals surface area (Å²) in [5, 5.41) is 3.85. The van der Waals surface area contributed by atoms with E-state index >= 15 is 0 Å². The Morgan fingerprint density at radius 1 is 1.00 bits per heavy atom. The number of hydrogen-bond acceptors (Lipinski definition) is 6. The van der Waals surface area contributed by atoms with Crippen LogP contribution < -0.4 is 20.3 Å². The number of nitrogens with one attached hydrogen (secondary N) is 2. The highest BCUT2D eigenvalue weighted by Gasteiger charge is 2.19. The molecular weight excluding hydrogens is 460 g/mol. The molecule has 2 aromatic carbocycles. The van der Waals surface area contributed by atoms with Crippen molar-refractivity contribution in [1.29, 1.82) is 0 Å². The average Bonchev–Trinajstić information content (AvgIpc) is 2.91. The number of benzene rings is 2. The van der Waals surface area contributed by atoms with Crippen LogP contribution in [0.4, 0.5) is 4.79 Å². The zero-order valence-electron chi connectivity index (χ0n) is 20.3. The monoisotopic (exact) mass is 492 g/mol. The summed E-state index contributed by atoms with van der Waals surface area (Å²) in [5.41, 5.74) is 2.02. The Labute approximate surface area is 209 Å². The molecule has 2 N–H and O–H groups in total. The zero-order chi connectivity index (χ0) is 24.7. The Hall–Kier alpha value is -3.56. The fraction of sp³-hybridized carbons (Fsp3) is 0.407. The molecule has 1 saturated heterocycles. The lowest BCUT2D eigenvalue weighted by molar-refractivity contribution is 0.0364. The van der Waals surface area contributed by atoms with Gasteiger partial charge in [-0.1, -0.05) is 30.3 Å². The highest BCUT2D eigenvalue weighted by molar-refractivity contribution is 5.83. The molecule has 0 unspecified atom stereocenters. The molecule has 2 aliphatic rings. The van der Waals surface area contributed by atoms with Crippen molar-refractivity contribution < 1.29 is 19.0 Å². The number of rotatable bonds is 8. The maximum absolute atomic E-state index is 13.2. The van der Waals surface area contributed by atoms with Crippen LogP contribution in [-0.2, 0) is 17.8 Å². The van der Waals surface area contributed by atoms with Crippen molar-refractivity contribution in [2.24, 2.45) is 0 Å². The van der Waals surface area contributed by atoms with Gasteiger partial charge < -0.3 is 29.4 Å². The van der Waals surface area contributed by atoms with Crippen LogP contribution in [0, 0.1) is 0 Å². The Morgan fingerprint density at radius 3 is 2.53 bits per heavy atom. The summed E-state index contributed by atoms with van der Waals surface area (Å²) in [7, 11) is 0. The third kappa shape index (κ3) is 5.98. The standard InChI is InChI=1S/C27H32N4O5/c32-26-22(15-21-16-24-25(17-23(21)29-26)36-14-13-35-24)19-31(8-4-7-30-9-11-34-12-10-30)27(33)28-18-20-5-2-1-3-6-20/h1-3,5-6,15-17H,4,7-14,18-19H2,(H,28,33)(H,29,32). The number of pyridine rings is 1. The second kappa shape index (κ2) is 11.5. The van der Waals surface area contributed by atoms with Crippen LogP contribution in [0.3, 0.4) is 0 Å². The normalized spacial score (nSPS) is 15.6. The van der Waals surface area contributed by atoms with E-state index in [1.54, 1.807) is 11.0 Å². The van der Waals surface area contributed by atoms with Crippen LogP contribution in [0.2, 0.25) is 0 Å². The maximum Gasteiger partial charge on any atom is 0.317 e. The summed E-state index contributed by atoms with van der Waals surface area (Å²) in [6.07, 6.45) is 0.808. The second-order valence-electron chi connectivity index (χ2n) is 9.08. The van der Waals surface area contributed by atoms with Gasteiger partial charge in [0.15, 0.2) is 11.5 Å². The smallest absolute Gasteiger partial charge is 0.317 e. The lowest BCUT2D eigenvalue weighted by Gasteiger charge is -2.28. The topological polar surface area (TPSA) is 96.1 Å².